The first-order chi connectivity index (χ1) is 7.15. The number of nitrogens with one attached hydrogen (secondary N) is 3. The first-order valence-corrected chi connectivity index (χ1v) is 5.40. The molecule has 86 valence electrons. The van der Waals surface area contributed by atoms with Crippen molar-refractivity contribution in [2.24, 2.45) is 0 Å². The van der Waals surface area contributed by atoms with Crippen LogP contribution < -0.4 is 16.0 Å². The Bertz CT molecular complexity index is 237. The van der Waals surface area contributed by atoms with Gasteiger partial charge in [-0.1, -0.05) is 6.42 Å². The number of rotatable bonds is 3. The highest BCUT2D eigenvalue weighted by Gasteiger charge is 2.23. The van der Waals surface area contributed by atoms with Crippen LogP contribution in [0.4, 0.5) is 0 Å². The molecule has 2 atom stereocenters. The summed E-state index contributed by atoms with van der Waals surface area (Å²) in [7, 11) is 1.56. The predicted octanol–water partition coefficient (Wildman–Crippen LogP) is -0.621. The van der Waals surface area contributed by atoms with Crippen LogP contribution >= 0.6 is 0 Å². The van der Waals surface area contributed by atoms with Gasteiger partial charge < -0.3 is 16.0 Å². The van der Waals surface area contributed by atoms with Gasteiger partial charge in [0.2, 0.25) is 11.8 Å². The van der Waals surface area contributed by atoms with Gasteiger partial charge in [0.25, 0.3) is 0 Å². The van der Waals surface area contributed by atoms with E-state index in [4.69, 9.17) is 0 Å². The van der Waals surface area contributed by atoms with Crippen LogP contribution in [0.2, 0.25) is 0 Å². The monoisotopic (exact) mass is 213 g/mol. The SMILES string of the molecule is CNC(=O)[C@@H](C)NC(=O)[C@@H]1CCCCN1. The zero-order valence-electron chi connectivity index (χ0n) is 9.30. The highest BCUT2D eigenvalue weighted by atomic mass is 16.2. The first-order valence-electron chi connectivity index (χ1n) is 5.40. The molecule has 0 aromatic carbocycles. The average molecular weight is 213 g/mol. The molecule has 0 aliphatic carbocycles. The molecule has 5 nitrogen and oxygen atoms in total. The van der Waals surface area contributed by atoms with Crippen LogP contribution in [0.1, 0.15) is 26.2 Å². The number of amides is 2. The van der Waals surface area contributed by atoms with Gasteiger partial charge in [0, 0.05) is 7.05 Å². The molecule has 1 aliphatic heterocycles. The molecule has 1 saturated heterocycles. The van der Waals surface area contributed by atoms with Gasteiger partial charge in [0.1, 0.15) is 6.04 Å². The van der Waals surface area contributed by atoms with Crippen LogP contribution in [0.3, 0.4) is 0 Å². The summed E-state index contributed by atoms with van der Waals surface area (Å²) >= 11 is 0. The largest absolute Gasteiger partial charge is 0.357 e. The molecule has 2 amide bonds. The summed E-state index contributed by atoms with van der Waals surface area (Å²) in [5, 5.41) is 8.32. The van der Waals surface area contributed by atoms with E-state index in [2.05, 4.69) is 16.0 Å². The fourth-order valence-corrected chi connectivity index (χ4v) is 1.67. The summed E-state index contributed by atoms with van der Waals surface area (Å²) in [6, 6.07) is -0.600. The Labute approximate surface area is 90.0 Å². The first kappa shape index (κ1) is 12.0. The van der Waals surface area contributed by atoms with Crippen LogP contribution in [0.15, 0.2) is 0 Å². The summed E-state index contributed by atoms with van der Waals surface area (Å²) < 4.78 is 0. The molecule has 1 fully saturated rings. The van der Waals surface area contributed by atoms with Crippen molar-refractivity contribution in [1.29, 1.82) is 0 Å². The van der Waals surface area contributed by atoms with Crippen LogP contribution in [0.5, 0.6) is 0 Å². The second-order valence-electron chi connectivity index (χ2n) is 3.85. The van der Waals surface area contributed by atoms with E-state index in [1.807, 2.05) is 0 Å². The topological polar surface area (TPSA) is 70.2 Å². The molecule has 0 aromatic rings. The standard InChI is InChI=1S/C10H19N3O2/c1-7(9(14)11-2)13-10(15)8-5-3-4-6-12-8/h7-8,12H,3-6H2,1-2H3,(H,11,14)(H,13,15)/t7-,8+/m1/s1. The minimum Gasteiger partial charge on any atom is -0.357 e. The van der Waals surface area contributed by atoms with Gasteiger partial charge in [-0.2, -0.15) is 0 Å². The molecule has 15 heavy (non-hydrogen) atoms. The Morgan fingerprint density at radius 2 is 2.13 bits per heavy atom. The summed E-state index contributed by atoms with van der Waals surface area (Å²) in [6.45, 7) is 2.56. The highest BCUT2D eigenvalue weighted by molar-refractivity contribution is 5.89. The smallest absolute Gasteiger partial charge is 0.242 e. The molecule has 1 aliphatic rings. The molecule has 0 aromatic heterocycles. The quantitative estimate of drug-likeness (QED) is 0.585. The Morgan fingerprint density at radius 1 is 1.40 bits per heavy atom. The maximum Gasteiger partial charge on any atom is 0.242 e. The van der Waals surface area contributed by atoms with E-state index in [1.54, 1.807) is 14.0 Å². The lowest BCUT2D eigenvalue weighted by Gasteiger charge is -2.24. The van der Waals surface area contributed by atoms with Crippen molar-refractivity contribution >= 4 is 11.8 Å². The molecule has 0 unspecified atom stereocenters. The summed E-state index contributed by atoms with van der Waals surface area (Å²) in [6.07, 6.45) is 3.04. The number of likely N-dealkylation sites (N-methyl/N-ethyl adjacent to an activating group) is 1. The van der Waals surface area contributed by atoms with Gasteiger partial charge >= 0.3 is 0 Å². The van der Waals surface area contributed by atoms with Crippen molar-refractivity contribution in [3.05, 3.63) is 0 Å². The number of piperidine rings is 1. The molecule has 5 heteroatoms. The Morgan fingerprint density at radius 3 is 2.67 bits per heavy atom. The fourth-order valence-electron chi connectivity index (χ4n) is 1.67. The van der Waals surface area contributed by atoms with Gasteiger partial charge in [0.05, 0.1) is 6.04 Å². The molecule has 0 radical (unpaired) electrons. The molecule has 0 bridgehead atoms. The van der Waals surface area contributed by atoms with Crippen molar-refractivity contribution in [1.82, 2.24) is 16.0 Å². The Hall–Kier alpha value is -1.10. The van der Waals surface area contributed by atoms with Gasteiger partial charge in [-0.15, -0.1) is 0 Å². The van der Waals surface area contributed by atoms with Gasteiger partial charge in [-0.25, -0.2) is 0 Å². The maximum atomic E-state index is 11.7. The lowest BCUT2D eigenvalue weighted by atomic mass is 10.0. The summed E-state index contributed by atoms with van der Waals surface area (Å²) in [5.41, 5.74) is 0. The van der Waals surface area contributed by atoms with E-state index in [-0.39, 0.29) is 17.9 Å². The zero-order valence-corrected chi connectivity index (χ0v) is 9.30. The summed E-state index contributed by atoms with van der Waals surface area (Å²) in [4.78, 5) is 22.9. The minimum absolute atomic E-state index is 0.0780. The van der Waals surface area contributed by atoms with Crippen molar-refractivity contribution in [3.8, 4) is 0 Å². The summed E-state index contributed by atoms with van der Waals surface area (Å²) in [5.74, 6) is -0.245. The highest BCUT2D eigenvalue weighted by Crippen LogP contribution is 2.06. The molecule has 0 saturated carbocycles. The van der Waals surface area contributed by atoms with Gasteiger partial charge in [-0.05, 0) is 26.3 Å². The van der Waals surface area contributed by atoms with E-state index < -0.39 is 6.04 Å². The molecular weight excluding hydrogens is 194 g/mol. The van der Waals surface area contributed by atoms with Crippen molar-refractivity contribution < 1.29 is 9.59 Å². The third kappa shape index (κ3) is 3.51. The Balaban J connectivity index is 2.36. The lowest BCUT2D eigenvalue weighted by Crippen LogP contribution is -2.52. The average Bonchev–Trinajstić information content (AvgIpc) is 2.29. The number of carbonyl (C=O) groups is 2. The molecule has 0 spiro atoms. The van der Waals surface area contributed by atoms with Gasteiger partial charge in [-0.3, -0.25) is 9.59 Å². The molecular formula is C10H19N3O2. The fraction of sp³-hybridized carbons (Fsp3) is 0.800. The van der Waals surface area contributed by atoms with Crippen molar-refractivity contribution in [2.45, 2.75) is 38.3 Å². The number of carbonyl (C=O) groups excluding carboxylic acids is 2. The third-order valence-corrected chi connectivity index (χ3v) is 2.63. The third-order valence-electron chi connectivity index (χ3n) is 2.63. The van der Waals surface area contributed by atoms with E-state index in [0.717, 1.165) is 25.8 Å². The number of hydrogen-bond acceptors (Lipinski definition) is 3. The van der Waals surface area contributed by atoms with E-state index in [0.29, 0.717) is 0 Å². The van der Waals surface area contributed by atoms with Crippen LogP contribution in [-0.2, 0) is 9.59 Å². The minimum atomic E-state index is -0.466. The second kappa shape index (κ2) is 5.70. The zero-order chi connectivity index (χ0) is 11.3. The van der Waals surface area contributed by atoms with Crippen LogP contribution in [0, 0.1) is 0 Å². The van der Waals surface area contributed by atoms with Crippen LogP contribution in [0.25, 0.3) is 0 Å². The van der Waals surface area contributed by atoms with E-state index in [9.17, 15) is 9.59 Å². The normalized spacial score (nSPS) is 22.9. The van der Waals surface area contributed by atoms with E-state index >= 15 is 0 Å². The van der Waals surface area contributed by atoms with Gasteiger partial charge in [0.15, 0.2) is 0 Å². The molecule has 1 rings (SSSR count). The predicted molar refractivity (Wildman–Crippen MR) is 57.3 cm³/mol. The lowest BCUT2D eigenvalue weighted by molar-refractivity contribution is -0.129. The number of hydrogen-bond donors (Lipinski definition) is 3. The maximum absolute atomic E-state index is 11.7. The second-order valence-corrected chi connectivity index (χ2v) is 3.85. The Kier molecular flexibility index (Phi) is 4.55. The van der Waals surface area contributed by atoms with Crippen LogP contribution in [-0.4, -0.2) is 37.5 Å². The van der Waals surface area contributed by atoms with E-state index in [1.165, 1.54) is 0 Å². The van der Waals surface area contributed by atoms with Crippen molar-refractivity contribution in [3.63, 3.8) is 0 Å². The molecule has 3 N–H and O–H groups in total. The molecule has 1 heterocycles. The van der Waals surface area contributed by atoms with Crippen molar-refractivity contribution in [2.75, 3.05) is 13.6 Å².